The Morgan fingerprint density at radius 2 is 2.00 bits per heavy atom. The molecule has 0 atom stereocenters. The van der Waals surface area contributed by atoms with Crippen molar-refractivity contribution in [3.63, 3.8) is 0 Å². The monoisotopic (exact) mass is 293 g/mol. The molecule has 0 aliphatic rings. The fourth-order valence-corrected chi connectivity index (χ4v) is 3.45. The van der Waals surface area contributed by atoms with Crippen LogP contribution in [0.4, 0.5) is 0 Å². The molecule has 0 bridgehead atoms. The number of aromatic amines is 1. The first-order chi connectivity index (χ1) is 10.4. The molecule has 2 heterocycles. The summed E-state index contributed by atoms with van der Waals surface area (Å²) >= 11 is 1.76. The lowest BCUT2D eigenvalue weighted by Gasteiger charge is -2.03. The Morgan fingerprint density at radius 3 is 2.95 bits per heavy atom. The summed E-state index contributed by atoms with van der Waals surface area (Å²) in [5, 5.41) is 5.86. The van der Waals surface area contributed by atoms with Crippen LogP contribution < -0.4 is 5.32 Å². The van der Waals surface area contributed by atoms with Gasteiger partial charge in [-0.05, 0) is 35.2 Å². The first-order valence-electron chi connectivity index (χ1n) is 7.00. The molecule has 0 aliphatic carbocycles. The molecular formula is C17H15N3S. The van der Waals surface area contributed by atoms with E-state index in [-0.39, 0.29) is 0 Å². The van der Waals surface area contributed by atoms with Gasteiger partial charge in [-0.2, -0.15) is 0 Å². The van der Waals surface area contributed by atoms with E-state index in [1.807, 2.05) is 12.3 Å². The molecule has 104 valence electrons. The van der Waals surface area contributed by atoms with Crippen molar-refractivity contribution < 1.29 is 0 Å². The molecule has 0 fully saturated rings. The van der Waals surface area contributed by atoms with Gasteiger partial charge in [0, 0.05) is 24.8 Å². The molecule has 0 radical (unpaired) electrons. The van der Waals surface area contributed by atoms with Crippen molar-refractivity contribution in [2.24, 2.45) is 0 Å². The maximum Gasteiger partial charge on any atom is 0.108 e. The van der Waals surface area contributed by atoms with Crippen LogP contribution in [0.2, 0.25) is 0 Å². The zero-order chi connectivity index (χ0) is 14.1. The number of thiazole rings is 1. The van der Waals surface area contributed by atoms with E-state index in [0.717, 1.165) is 23.6 Å². The number of H-pyrrole nitrogens is 1. The maximum atomic E-state index is 4.64. The van der Waals surface area contributed by atoms with Gasteiger partial charge in [-0.15, -0.1) is 11.3 Å². The average molecular weight is 293 g/mol. The number of benzene rings is 2. The summed E-state index contributed by atoms with van der Waals surface area (Å²) in [4.78, 5) is 7.88. The molecule has 4 rings (SSSR count). The molecule has 2 N–H and O–H groups in total. The van der Waals surface area contributed by atoms with Gasteiger partial charge in [-0.3, -0.25) is 0 Å². The van der Waals surface area contributed by atoms with Gasteiger partial charge in [-0.1, -0.05) is 24.3 Å². The summed E-state index contributed by atoms with van der Waals surface area (Å²) in [5.41, 5.74) is 3.56. The highest BCUT2D eigenvalue weighted by Crippen LogP contribution is 2.21. The largest absolute Gasteiger partial charge is 0.361 e. The van der Waals surface area contributed by atoms with Gasteiger partial charge in [-0.25, -0.2) is 4.98 Å². The third kappa shape index (κ3) is 2.55. The van der Waals surface area contributed by atoms with Gasteiger partial charge in [0.05, 0.1) is 10.2 Å². The molecular weight excluding hydrogens is 278 g/mol. The summed E-state index contributed by atoms with van der Waals surface area (Å²) in [6, 6.07) is 16.9. The normalized spacial score (nSPS) is 11.4. The van der Waals surface area contributed by atoms with Crippen LogP contribution in [0.15, 0.2) is 54.7 Å². The van der Waals surface area contributed by atoms with Gasteiger partial charge < -0.3 is 10.3 Å². The van der Waals surface area contributed by atoms with Crippen molar-refractivity contribution in [1.29, 1.82) is 0 Å². The second kappa shape index (κ2) is 5.31. The second-order valence-electron chi connectivity index (χ2n) is 5.08. The third-order valence-electron chi connectivity index (χ3n) is 3.56. The van der Waals surface area contributed by atoms with E-state index in [0.29, 0.717) is 0 Å². The van der Waals surface area contributed by atoms with E-state index in [9.17, 15) is 0 Å². The van der Waals surface area contributed by atoms with Crippen molar-refractivity contribution in [3.8, 4) is 0 Å². The number of fused-ring (bicyclic) bond motifs is 2. The predicted octanol–water partition coefficient (Wildman–Crippen LogP) is 4.07. The van der Waals surface area contributed by atoms with E-state index >= 15 is 0 Å². The number of nitrogens with zero attached hydrogens (tertiary/aromatic N) is 1. The zero-order valence-corrected chi connectivity index (χ0v) is 12.3. The van der Waals surface area contributed by atoms with Crippen LogP contribution in [0.3, 0.4) is 0 Å². The van der Waals surface area contributed by atoms with Gasteiger partial charge in [0.15, 0.2) is 0 Å². The smallest absolute Gasteiger partial charge is 0.108 e. The minimum atomic E-state index is 0.808. The lowest BCUT2D eigenvalue weighted by molar-refractivity contribution is 0.691. The van der Waals surface area contributed by atoms with Crippen LogP contribution in [0.25, 0.3) is 21.1 Å². The topological polar surface area (TPSA) is 40.7 Å². The predicted molar refractivity (Wildman–Crippen MR) is 88.5 cm³/mol. The molecule has 3 nitrogen and oxygen atoms in total. The van der Waals surface area contributed by atoms with Crippen LogP contribution >= 0.6 is 11.3 Å². The lowest BCUT2D eigenvalue weighted by atomic mass is 10.1. The minimum Gasteiger partial charge on any atom is -0.361 e. The van der Waals surface area contributed by atoms with Crippen LogP contribution in [0.1, 0.15) is 10.6 Å². The first kappa shape index (κ1) is 12.6. The van der Waals surface area contributed by atoms with E-state index in [4.69, 9.17) is 0 Å². The van der Waals surface area contributed by atoms with E-state index in [1.54, 1.807) is 11.3 Å². The Balaban J connectivity index is 1.44. The van der Waals surface area contributed by atoms with Gasteiger partial charge in [0.2, 0.25) is 0 Å². The van der Waals surface area contributed by atoms with Crippen molar-refractivity contribution in [2.45, 2.75) is 13.1 Å². The van der Waals surface area contributed by atoms with E-state index < -0.39 is 0 Å². The molecule has 0 aliphatic heterocycles. The Bertz CT molecular complexity index is 856. The SMILES string of the molecule is c1ccc2sc(CNCc3ccc4cc[nH]c4c3)nc2c1. The van der Waals surface area contributed by atoms with Crippen LogP contribution in [-0.2, 0) is 13.1 Å². The first-order valence-corrected chi connectivity index (χ1v) is 7.81. The molecule has 0 unspecified atom stereocenters. The van der Waals surface area contributed by atoms with E-state index in [2.05, 4.69) is 57.7 Å². The quantitative estimate of drug-likeness (QED) is 0.595. The lowest BCUT2D eigenvalue weighted by Crippen LogP contribution is -2.12. The number of para-hydroxylation sites is 1. The number of nitrogens with one attached hydrogen (secondary N) is 2. The molecule has 4 aromatic rings. The van der Waals surface area contributed by atoms with Gasteiger partial charge in [0.25, 0.3) is 0 Å². The Kier molecular flexibility index (Phi) is 3.18. The van der Waals surface area contributed by atoms with Crippen molar-refractivity contribution in [2.75, 3.05) is 0 Å². The molecule has 2 aromatic carbocycles. The molecule has 4 heteroatoms. The second-order valence-corrected chi connectivity index (χ2v) is 6.19. The fraction of sp³-hybridized carbons (Fsp3) is 0.118. The molecule has 0 amide bonds. The highest BCUT2D eigenvalue weighted by molar-refractivity contribution is 7.18. The maximum absolute atomic E-state index is 4.64. The Morgan fingerprint density at radius 1 is 1.05 bits per heavy atom. The summed E-state index contributed by atoms with van der Waals surface area (Å²) in [5.74, 6) is 0. The van der Waals surface area contributed by atoms with Crippen LogP contribution in [0.5, 0.6) is 0 Å². The van der Waals surface area contributed by atoms with Gasteiger partial charge >= 0.3 is 0 Å². The zero-order valence-electron chi connectivity index (χ0n) is 11.5. The van der Waals surface area contributed by atoms with Crippen molar-refractivity contribution in [3.05, 3.63) is 65.3 Å². The summed E-state index contributed by atoms with van der Waals surface area (Å²) in [6.07, 6.45) is 1.98. The van der Waals surface area contributed by atoms with Crippen LogP contribution in [-0.4, -0.2) is 9.97 Å². The Hall–Kier alpha value is -2.17. The van der Waals surface area contributed by atoms with Crippen molar-refractivity contribution >= 4 is 32.5 Å². The summed E-state index contributed by atoms with van der Waals surface area (Å²) in [7, 11) is 0. The molecule has 0 spiro atoms. The van der Waals surface area contributed by atoms with Crippen molar-refractivity contribution in [1.82, 2.24) is 15.3 Å². The average Bonchev–Trinajstić information content (AvgIpc) is 3.12. The molecule has 0 saturated heterocycles. The van der Waals surface area contributed by atoms with Crippen LogP contribution in [0, 0.1) is 0 Å². The van der Waals surface area contributed by atoms with Gasteiger partial charge in [0.1, 0.15) is 5.01 Å². The minimum absolute atomic E-state index is 0.808. The molecule has 21 heavy (non-hydrogen) atoms. The molecule has 2 aromatic heterocycles. The highest BCUT2D eigenvalue weighted by atomic mass is 32.1. The number of hydrogen-bond donors (Lipinski definition) is 2. The number of hydrogen-bond acceptors (Lipinski definition) is 3. The standard InChI is InChI=1S/C17H15N3S/c1-2-4-16-14(3-1)20-17(21-16)11-18-10-12-5-6-13-7-8-19-15(13)9-12/h1-9,18-19H,10-11H2. The fourth-order valence-electron chi connectivity index (χ4n) is 2.51. The number of rotatable bonds is 4. The highest BCUT2D eigenvalue weighted by Gasteiger charge is 2.03. The Labute approximate surface area is 126 Å². The number of aromatic nitrogens is 2. The molecule has 0 saturated carbocycles. The third-order valence-corrected chi connectivity index (χ3v) is 4.60. The van der Waals surface area contributed by atoms with E-state index in [1.165, 1.54) is 21.2 Å². The summed E-state index contributed by atoms with van der Waals surface area (Å²) < 4.78 is 1.25. The summed E-state index contributed by atoms with van der Waals surface area (Å²) in [6.45, 7) is 1.66.